The van der Waals surface area contributed by atoms with Crippen molar-refractivity contribution in [3.63, 3.8) is 0 Å². The third kappa shape index (κ3) is 4.27. The minimum absolute atomic E-state index is 0.120. The molecule has 0 radical (unpaired) electrons. The average molecular weight is 245 g/mol. The van der Waals surface area contributed by atoms with Gasteiger partial charge in [0.15, 0.2) is 6.10 Å². The Kier molecular flexibility index (Phi) is 4.70. The molecule has 1 heterocycles. The maximum absolute atomic E-state index is 11.6. The van der Waals surface area contributed by atoms with Crippen LogP contribution in [0, 0.1) is 0 Å². The van der Waals surface area contributed by atoms with Crippen molar-refractivity contribution in [3.8, 4) is 0 Å². The molecule has 1 saturated heterocycles. The lowest BCUT2D eigenvalue weighted by molar-refractivity contribution is -0.146. The number of carbonyl (C=O) groups excluding carboxylic acids is 2. The highest BCUT2D eigenvalue weighted by molar-refractivity contribution is 5.80. The van der Waals surface area contributed by atoms with Crippen LogP contribution in [0.2, 0.25) is 0 Å². The molecule has 1 rings (SSSR count). The molecule has 4 N–H and O–H groups in total. The van der Waals surface area contributed by atoms with Gasteiger partial charge in [-0.15, -0.1) is 0 Å². The van der Waals surface area contributed by atoms with Crippen LogP contribution in [0.25, 0.3) is 0 Å². The van der Waals surface area contributed by atoms with E-state index in [9.17, 15) is 14.4 Å². The Balaban J connectivity index is 2.36. The summed E-state index contributed by atoms with van der Waals surface area (Å²) in [5, 5.41) is 22.3. The SMILES string of the molecule is O=C1CCN(C(=O)NCC(O)C(=O)O)CCN1. The van der Waals surface area contributed by atoms with Crippen molar-refractivity contribution in [2.24, 2.45) is 0 Å². The maximum atomic E-state index is 11.6. The zero-order chi connectivity index (χ0) is 12.8. The number of aliphatic hydroxyl groups is 1. The van der Waals surface area contributed by atoms with Gasteiger partial charge in [0.25, 0.3) is 0 Å². The third-order valence-corrected chi connectivity index (χ3v) is 2.33. The van der Waals surface area contributed by atoms with E-state index in [1.54, 1.807) is 0 Å². The molecule has 0 spiro atoms. The van der Waals surface area contributed by atoms with Crippen LogP contribution in [0.3, 0.4) is 0 Å². The number of nitrogens with zero attached hydrogens (tertiary/aromatic N) is 1. The smallest absolute Gasteiger partial charge is 0.334 e. The number of nitrogens with one attached hydrogen (secondary N) is 2. The van der Waals surface area contributed by atoms with Gasteiger partial charge in [-0.3, -0.25) is 4.79 Å². The van der Waals surface area contributed by atoms with Crippen LogP contribution in [-0.4, -0.2) is 65.3 Å². The van der Waals surface area contributed by atoms with Crippen molar-refractivity contribution < 1.29 is 24.6 Å². The Bertz CT molecular complexity index is 320. The number of hydrogen-bond acceptors (Lipinski definition) is 4. The van der Waals surface area contributed by atoms with Gasteiger partial charge in [0.2, 0.25) is 5.91 Å². The summed E-state index contributed by atoms with van der Waals surface area (Å²) >= 11 is 0. The fourth-order valence-electron chi connectivity index (χ4n) is 1.35. The second-order valence-corrected chi connectivity index (χ2v) is 3.63. The number of aliphatic carboxylic acids is 1. The number of carbonyl (C=O) groups is 3. The predicted octanol–water partition coefficient (Wildman–Crippen LogP) is -2.04. The first-order valence-corrected chi connectivity index (χ1v) is 5.21. The highest BCUT2D eigenvalue weighted by Gasteiger charge is 2.20. The molecule has 0 aromatic heterocycles. The average Bonchev–Trinajstić information content (AvgIpc) is 2.50. The first-order chi connectivity index (χ1) is 8.00. The van der Waals surface area contributed by atoms with Gasteiger partial charge in [-0.05, 0) is 0 Å². The summed E-state index contributed by atoms with van der Waals surface area (Å²) in [6.45, 7) is 0.654. The number of aliphatic hydroxyl groups excluding tert-OH is 1. The molecule has 1 unspecified atom stereocenters. The van der Waals surface area contributed by atoms with Crippen LogP contribution in [0.4, 0.5) is 4.79 Å². The van der Waals surface area contributed by atoms with Crippen LogP contribution in [0.1, 0.15) is 6.42 Å². The number of rotatable bonds is 3. The fraction of sp³-hybridized carbons (Fsp3) is 0.667. The monoisotopic (exact) mass is 245 g/mol. The van der Waals surface area contributed by atoms with Crippen molar-refractivity contribution >= 4 is 17.9 Å². The Morgan fingerprint density at radius 3 is 2.82 bits per heavy atom. The number of hydrogen-bond donors (Lipinski definition) is 4. The third-order valence-electron chi connectivity index (χ3n) is 2.33. The van der Waals surface area contributed by atoms with E-state index < -0.39 is 18.1 Å². The van der Waals surface area contributed by atoms with Gasteiger partial charge >= 0.3 is 12.0 Å². The van der Waals surface area contributed by atoms with Crippen molar-refractivity contribution in [2.45, 2.75) is 12.5 Å². The minimum Gasteiger partial charge on any atom is -0.479 e. The quantitative estimate of drug-likeness (QED) is 0.457. The minimum atomic E-state index is -1.62. The molecule has 8 nitrogen and oxygen atoms in total. The van der Waals surface area contributed by atoms with Crippen LogP contribution in [0.15, 0.2) is 0 Å². The van der Waals surface area contributed by atoms with Crippen molar-refractivity contribution in [3.05, 3.63) is 0 Å². The predicted molar refractivity (Wildman–Crippen MR) is 56.2 cm³/mol. The second-order valence-electron chi connectivity index (χ2n) is 3.63. The first-order valence-electron chi connectivity index (χ1n) is 5.21. The van der Waals surface area contributed by atoms with E-state index in [2.05, 4.69) is 10.6 Å². The van der Waals surface area contributed by atoms with Crippen molar-refractivity contribution in [1.82, 2.24) is 15.5 Å². The number of amides is 3. The van der Waals surface area contributed by atoms with E-state index in [0.717, 1.165) is 0 Å². The molecule has 1 aliphatic heterocycles. The Labute approximate surface area is 97.6 Å². The molecule has 8 heteroatoms. The van der Waals surface area contributed by atoms with Gasteiger partial charge in [-0.2, -0.15) is 0 Å². The van der Waals surface area contributed by atoms with Gasteiger partial charge in [0.1, 0.15) is 0 Å². The van der Waals surface area contributed by atoms with Crippen LogP contribution in [-0.2, 0) is 9.59 Å². The lowest BCUT2D eigenvalue weighted by Crippen LogP contribution is -2.45. The molecule has 1 atom stereocenters. The zero-order valence-electron chi connectivity index (χ0n) is 9.18. The highest BCUT2D eigenvalue weighted by atomic mass is 16.4. The molecule has 0 aromatic carbocycles. The fourth-order valence-corrected chi connectivity index (χ4v) is 1.35. The molecule has 3 amide bonds. The summed E-state index contributed by atoms with van der Waals surface area (Å²) in [5.74, 6) is -1.51. The molecule has 0 aromatic rings. The summed E-state index contributed by atoms with van der Waals surface area (Å²) in [6, 6.07) is -0.484. The summed E-state index contributed by atoms with van der Waals surface area (Å²) in [7, 11) is 0. The normalized spacial score (nSPS) is 17.9. The molecule has 0 saturated carbocycles. The summed E-state index contributed by atoms with van der Waals surface area (Å²) < 4.78 is 0. The molecule has 17 heavy (non-hydrogen) atoms. The van der Waals surface area contributed by atoms with E-state index in [0.29, 0.717) is 13.1 Å². The van der Waals surface area contributed by atoms with E-state index in [1.807, 2.05) is 0 Å². The van der Waals surface area contributed by atoms with Crippen LogP contribution >= 0.6 is 0 Å². The largest absolute Gasteiger partial charge is 0.479 e. The van der Waals surface area contributed by atoms with Gasteiger partial charge in [0.05, 0.1) is 6.54 Å². The van der Waals surface area contributed by atoms with Crippen molar-refractivity contribution in [1.29, 1.82) is 0 Å². The molecular formula is C9H15N3O5. The standard InChI is InChI=1S/C9H15N3O5/c13-6(8(15)16)5-11-9(17)12-3-1-7(14)10-2-4-12/h6,13H,1-5H2,(H,10,14)(H,11,17)(H,15,16). The van der Waals surface area contributed by atoms with Crippen LogP contribution in [0.5, 0.6) is 0 Å². The molecule has 96 valence electrons. The Morgan fingerprint density at radius 1 is 1.47 bits per heavy atom. The van der Waals surface area contributed by atoms with E-state index >= 15 is 0 Å². The summed E-state index contributed by atoms with van der Waals surface area (Å²) in [4.78, 5) is 34.3. The summed E-state index contributed by atoms with van der Waals surface area (Å²) in [6.07, 6.45) is -1.40. The van der Waals surface area contributed by atoms with Crippen LogP contribution < -0.4 is 10.6 Å². The zero-order valence-corrected chi connectivity index (χ0v) is 9.18. The lowest BCUT2D eigenvalue weighted by Gasteiger charge is -2.20. The Hall–Kier alpha value is -1.83. The topological polar surface area (TPSA) is 119 Å². The number of urea groups is 1. The molecule has 1 aliphatic rings. The molecule has 0 aliphatic carbocycles. The molecular weight excluding hydrogens is 230 g/mol. The van der Waals surface area contributed by atoms with Gasteiger partial charge in [-0.25, -0.2) is 9.59 Å². The molecule has 0 bridgehead atoms. The Morgan fingerprint density at radius 2 is 2.18 bits per heavy atom. The van der Waals surface area contributed by atoms with E-state index in [4.69, 9.17) is 10.2 Å². The lowest BCUT2D eigenvalue weighted by atomic mass is 10.3. The van der Waals surface area contributed by atoms with E-state index in [1.165, 1.54) is 4.90 Å². The number of carboxylic acids is 1. The van der Waals surface area contributed by atoms with Gasteiger partial charge < -0.3 is 25.7 Å². The number of carboxylic acid groups (broad SMARTS) is 1. The van der Waals surface area contributed by atoms with Gasteiger partial charge in [0, 0.05) is 26.1 Å². The summed E-state index contributed by atoms with van der Waals surface area (Å²) in [5.41, 5.74) is 0. The van der Waals surface area contributed by atoms with Gasteiger partial charge in [-0.1, -0.05) is 0 Å². The molecule has 1 fully saturated rings. The second kappa shape index (κ2) is 6.04. The first kappa shape index (κ1) is 13.2. The highest BCUT2D eigenvalue weighted by Crippen LogP contribution is 1.97. The van der Waals surface area contributed by atoms with Crippen molar-refractivity contribution in [2.75, 3.05) is 26.2 Å². The maximum Gasteiger partial charge on any atom is 0.334 e. The van der Waals surface area contributed by atoms with E-state index in [-0.39, 0.29) is 25.4 Å².